The molecule has 0 atom stereocenters. The molecule has 2 N–H and O–H groups in total. The lowest BCUT2D eigenvalue weighted by molar-refractivity contribution is 0.947. The first-order valence-electron chi connectivity index (χ1n) is 5.09. The van der Waals surface area contributed by atoms with Gasteiger partial charge < -0.3 is 5.73 Å². The molecule has 0 aliphatic carbocycles. The number of nitrogen functional groups attached to an aromatic ring is 1. The van der Waals surface area contributed by atoms with E-state index in [0.29, 0.717) is 10.8 Å². The molecule has 3 aromatic rings. The van der Waals surface area contributed by atoms with Crippen molar-refractivity contribution in [2.45, 2.75) is 0 Å². The summed E-state index contributed by atoms with van der Waals surface area (Å²) in [6.45, 7) is 0. The summed E-state index contributed by atoms with van der Waals surface area (Å²) in [5.74, 6) is 0.459. The molecule has 0 saturated carbocycles. The van der Waals surface area contributed by atoms with Crippen molar-refractivity contribution in [2.24, 2.45) is 0 Å². The molecule has 0 fully saturated rings. The van der Waals surface area contributed by atoms with Gasteiger partial charge in [-0.3, -0.25) is 0 Å². The van der Waals surface area contributed by atoms with Crippen LogP contribution in [-0.4, -0.2) is 14.6 Å². The third-order valence-corrected chi connectivity index (χ3v) is 2.73. The quantitative estimate of drug-likeness (QED) is 0.716. The van der Waals surface area contributed by atoms with Crippen LogP contribution < -0.4 is 5.73 Å². The van der Waals surface area contributed by atoms with Crippen LogP contribution in [-0.2, 0) is 0 Å². The third-order valence-electron chi connectivity index (χ3n) is 2.49. The summed E-state index contributed by atoms with van der Waals surface area (Å²) >= 11 is 5.95. The molecule has 0 amide bonds. The van der Waals surface area contributed by atoms with Crippen LogP contribution in [0.15, 0.2) is 42.7 Å². The van der Waals surface area contributed by atoms with Crippen molar-refractivity contribution in [3.63, 3.8) is 0 Å². The molecular formula is C12H9ClN4. The summed E-state index contributed by atoms with van der Waals surface area (Å²) in [5.41, 5.74) is 8.29. The lowest BCUT2D eigenvalue weighted by atomic mass is 10.1. The zero-order valence-corrected chi connectivity index (χ0v) is 9.59. The van der Waals surface area contributed by atoms with E-state index in [9.17, 15) is 0 Å². The molecule has 2 heterocycles. The zero-order chi connectivity index (χ0) is 11.8. The van der Waals surface area contributed by atoms with Crippen LogP contribution >= 0.6 is 11.6 Å². The fourth-order valence-corrected chi connectivity index (χ4v) is 1.90. The zero-order valence-electron chi connectivity index (χ0n) is 8.84. The van der Waals surface area contributed by atoms with Crippen LogP contribution in [0.3, 0.4) is 0 Å². The number of aromatic nitrogens is 3. The Hall–Kier alpha value is -2.07. The minimum absolute atomic E-state index is 0.459. The van der Waals surface area contributed by atoms with Crippen molar-refractivity contribution in [3.05, 3.63) is 47.7 Å². The summed E-state index contributed by atoms with van der Waals surface area (Å²) in [4.78, 5) is 4.29. The van der Waals surface area contributed by atoms with Gasteiger partial charge in [0, 0.05) is 29.0 Å². The van der Waals surface area contributed by atoms with Crippen LogP contribution in [0.4, 0.5) is 5.82 Å². The summed E-state index contributed by atoms with van der Waals surface area (Å²) < 4.78 is 1.66. The molecule has 2 aromatic heterocycles. The van der Waals surface area contributed by atoms with Crippen molar-refractivity contribution >= 4 is 23.1 Å². The smallest absolute Gasteiger partial charge is 0.157 e. The Bertz CT molecular complexity index is 690. The second-order valence-corrected chi connectivity index (χ2v) is 4.16. The first kappa shape index (κ1) is 10.1. The number of nitrogens with two attached hydrogens (primary N) is 1. The fourth-order valence-electron chi connectivity index (χ4n) is 1.71. The van der Waals surface area contributed by atoms with Gasteiger partial charge in [-0.2, -0.15) is 0 Å². The highest BCUT2D eigenvalue weighted by Crippen LogP contribution is 2.22. The van der Waals surface area contributed by atoms with Gasteiger partial charge in [-0.1, -0.05) is 23.7 Å². The van der Waals surface area contributed by atoms with Crippen LogP contribution in [0.25, 0.3) is 16.8 Å². The van der Waals surface area contributed by atoms with Crippen molar-refractivity contribution in [1.82, 2.24) is 14.6 Å². The first-order chi connectivity index (χ1) is 8.22. The normalized spacial score (nSPS) is 10.9. The Labute approximate surface area is 103 Å². The van der Waals surface area contributed by atoms with Crippen LogP contribution in [0.2, 0.25) is 5.02 Å². The Balaban J connectivity index is 2.17. The van der Waals surface area contributed by atoms with E-state index < -0.39 is 0 Å². The van der Waals surface area contributed by atoms with Crippen molar-refractivity contribution in [1.29, 1.82) is 0 Å². The second-order valence-electron chi connectivity index (χ2n) is 3.72. The van der Waals surface area contributed by atoms with Crippen molar-refractivity contribution < 1.29 is 0 Å². The molecule has 3 rings (SSSR count). The molecule has 0 unspecified atom stereocenters. The highest BCUT2D eigenvalue weighted by molar-refractivity contribution is 6.30. The topological polar surface area (TPSA) is 56.2 Å². The molecule has 0 saturated heterocycles. The van der Waals surface area contributed by atoms with Gasteiger partial charge in [-0.25, -0.2) is 9.50 Å². The van der Waals surface area contributed by atoms with E-state index in [1.165, 1.54) is 0 Å². The number of nitrogens with zero attached hydrogens (tertiary/aromatic N) is 3. The number of anilines is 1. The minimum atomic E-state index is 0.459. The van der Waals surface area contributed by atoms with E-state index in [2.05, 4.69) is 10.1 Å². The first-order valence-corrected chi connectivity index (χ1v) is 5.47. The Morgan fingerprint density at radius 1 is 1.18 bits per heavy atom. The van der Waals surface area contributed by atoms with Gasteiger partial charge in [0.1, 0.15) is 5.82 Å². The van der Waals surface area contributed by atoms with Crippen LogP contribution in [0, 0.1) is 0 Å². The molecule has 0 aliphatic heterocycles. The number of halogens is 1. The largest absolute Gasteiger partial charge is 0.382 e. The van der Waals surface area contributed by atoms with Crippen molar-refractivity contribution in [2.75, 3.05) is 5.73 Å². The summed E-state index contributed by atoms with van der Waals surface area (Å²) in [6.07, 6.45) is 3.66. The summed E-state index contributed by atoms with van der Waals surface area (Å²) in [7, 11) is 0. The molecule has 0 bridgehead atoms. The Morgan fingerprint density at radius 3 is 2.88 bits per heavy atom. The maximum absolute atomic E-state index is 5.95. The average molecular weight is 245 g/mol. The predicted molar refractivity (Wildman–Crippen MR) is 67.8 cm³/mol. The Kier molecular flexibility index (Phi) is 2.23. The molecule has 0 spiro atoms. The van der Waals surface area contributed by atoms with Crippen molar-refractivity contribution in [3.8, 4) is 11.1 Å². The fraction of sp³-hybridized carbons (Fsp3) is 0. The van der Waals surface area contributed by atoms with E-state index >= 15 is 0 Å². The van der Waals surface area contributed by atoms with E-state index in [1.807, 2.05) is 30.5 Å². The highest BCUT2D eigenvalue weighted by atomic mass is 35.5. The molecular weight excluding hydrogens is 236 g/mol. The lowest BCUT2D eigenvalue weighted by Crippen LogP contribution is -1.92. The standard InChI is InChI=1S/C12H9ClN4/c13-10-3-1-2-8(4-10)9-6-15-12-5-11(14)16-17(12)7-9/h1-7H,(H2,14,16). The average Bonchev–Trinajstić information content (AvgIpc) is 2.68. The van der Waals surface area contributed by atoms with Gasteiger partial charge in [-0.05, 0) is 17.7 Å². The number of rotatable bonds is 1. The molecule has 0 aliphatic rings. The van der Waals surface area contributed by atoms with Crippen LogP contribution in [0.1, 0.15) is 0 Å². The highest BCUT2D eigenvalue weighted by Gasteiger charge is 2.03. The number of fused-ring (bicyclic) bond motifs is 1. The Morgan fingerprint density at radius 2 is 2.06 bits per heavy atom. The predicted octanol–water partition coefficient (Wildman–Crippen LogP) is 2.63. The second kappa shape index (κ2) is 3.75. The van der Waals surface area contributed by atoms with E-state index in [4.69, 9.17) is 17.3 Å². The maximum Gasteiger partial charge on any atom is 0.157 e. The SMILES string of the molecule is Nc1cc2ncc(-c3cccc(Cl)c3)cn2n1. The van der Waals surface area contributed by atoms with Gasteiger partial charge in [0.05, 0.1) is 0 Å². The molecule has 4 nitrogen and oxygen atoms in total. The van der Waals surface area contributed by atoms with Gasteiger partial charge in [-0.15, -0.1) is 5.10 Å². The lowest BCUT2D eigenvalue weighted by Gasteiger charge is -2.02. The van der Waals surface area contributed by atoms with Gasteiger partial charge in [0.15, 0.2) is 5.65 Å². The summed E-state index contributed by atoms with van der Waals surface area (Å²) in [5, 5.41) is 4.82. The van der Waals surface area contributed by atoms with Gasteiger partial charge in [0.25, 0.3) is 0 Å². The van der Waals surface area contributed by atoms with E-state index in [-0.39, 0.29) is 0 Å². The molecule has 5 heteroatoms. The van der Waals surface area contributed by atoms with E-state index in [1.54, 1.807) is 16.8 Å². The molecule has 1 aromatic carbocycles. The number of hydrogen-bond donors (Lipinski definition) is 1. The van der Waals surface area contributed by atoms with Crippen LogP contribution in [0.5, 0.6) is 0 Å². The molecule has 0 radical (unpaired) electrons. The summed E-state index contributed by atoms with van der Waals surface area (Å²) in [6, 6.07) is 9.32. The van der Waals surface area contributed by atoms with E-state index in [0.717, 1.165) is 16.8 Å². The minimum Gasteiger partial charge on any atom is -0.382 e. The molecule has 84 valence electrons. The van der Waals surface area contributed by atoms with Gasteiger partial charge >= 0.3 is 0 Å². The maximum atomic E-state index is 5.95. The monoisotopic (exact) mass is 244 g/mol. The van der Waals surface area contributed by atoms with Gasteiger partial charge in [0.2, 0.25) is 0 Å². The third kappa shape index (κ3) is 1.83. The molecule has 17 heavy (non-hydrogen) atoms. The number of benzene rings is 1. The number of hydrogen-bond acceptors (Lipinski definition) is 3.